The summed E-state index contributed by atoms with van der Waals surface area (Å²) in [5, 5.41) is 0. The van der Waals surface area contributed by atoms with E-state index in [9.17, 15) is 4.79 Å². The quantitative estimate of drug-likeness (QED) is 0.860. The van der Waals surface area contributed by atoms with Gasteiger partial charge in [-0.1, -0.05) is 34.1 Å². The number of benzene rings is 2. The maximum atomic E-state index is 12.1. The highest BCUT2D eigenvalue weighted by Gasteiger charge is 2.25. The summed E-state index contributed by atoms with van der Waals surface area (Å²) < 4.78 is 6.35. The van der Waals surface area contributed by atoms with E-state index in [1.54, 1.807) is 4.90 Å². The van der Waals surface area contributed by atoms with Gasteiger partial charge in [-0.15, -0.1) is 0 Å². The van der Waals surface area contributed by atoms with Gasteiger partial charge in [-0.25, -0.2) is 0 Å². The lowest BCUT2D eigenvalue weighted by Crippen LogP contribution is -2.38. The largest absolute Gasteiger partial charge is 0.482 e. The first-order valence-electron chi connectivity index (χ1n) is 6.21. The fourth-order valence-electron chi connectivity index (χ4n) is 2.21. The Morgan fingerprint density at radius 3 is 2.85 bits per heavy atom. The van der Waals surface area contributed by atoms with Crippen molar-refractivity contribution in [1.29, 1.82) is 0 Å². The molecule has 0 unspecified atom stereocenters. The van der Waals surface area contributed by atoms with Gasteiger partial charge in [-0.05, 0) is 29.8 Å². The van der Waals surface area contributed by atoms with Crippen molar-refractivity contribution in [2.45, 2.75) is 6.54 Å². The third-order valence-electron chi connectivity index (χ3n) is 3.24. The van der Waals surface area contributed by atoms with Crippen molar-refractivity contribution in [3.63, 3.8) is 0 Å². The minimum absolute atomic E-state index is 0.0629. The van der Waals surface area contributed by atoms with E-state index in [0.29, 0.717) is 12.2 Å². The van der Waals surface area contributed by atoms with Crippen molar-refractivity contribution in [2.75, 3.05) is 17.2 Å². The smallest absolute Gasteiger partial charge is 0.265 e. The van der Waals surface area contributed by atoms with Gasteiger partial charge in [0.15, 0.2) is 6.61 Å². The number of fused-ring (bicyclic) bond motifs is 1. The van der Waals surface area contributed by atoms with E-state index in [4.69, 9.17) is 10.5 Å². The normalized spacial score (nSPS) is 13.8. The van der Waals surface area contributed by atoms with Crippen molar-refractivity contribution in [3.05, 3.63) is 52.5 Å². The molecule has 1 aliphatic heterocycles. The number of amides is 1. The standard InChI is InChI=1S/C15H13BrN2O2/c16-11-6-5-10(12(17)7-11)8-18-13-3-1-2-4-14(13)20-9-15(18)19/h1-7H,8-9,17H2. The van der Waals surface area contributed by atoms with Crippen LogP contribution in [0.25, 0.3) is 0 Å². The molecule has 1 amide bonds. The first-order valence-corrected chi connectivity index (χ1v) is 7.00. The Balaban J connectivity index is 1.95. The Kier molecular flexibility index (Phi) is 3.36. The van der Waals surface area contributed by atoms with E-state index >= 15 is 0 Å². The third-order valence-corrected chi connectivity index (χ3v) is 3.74. The summed E-state index contributed by atoms with van der Waals surface area (Å²) in [6, 6.07) is 13.2. The molecule has 0 spiro atoms. The van der Waals surface area contributed by atoms with Crippen LogP contribution in [0.3, 0.4) is 0 Å². The summed E-state index contributed by atoms with van der Waals surface area (Å²) in [6.07, 6.45) is 0. The molecular formula is C15H13BrN2O2. The lowest BCUT2D eigenvalue weighted by molar-refractivity contribution is -0.121. The molecule has 3 rings (SSSR count). The number of halogens is 1. The number of carbonyl (C=O) groups excluding carboxylic acids is 1. The van der Waals surface area contributed by atoms with Gasteiger partial charge in [0.25, 0.3) is 5.91 Å². The molecule has 2 N–H and O–H groups in total. The summed E-state index contributed by atoms with van der Waals surface area (Å²) in [4.78, 5) is 13.8. The lowest BCUT2D eigenvalue weighted by Gasteiger charge is -2.29. The molecule has 0 aliphatic carbocycles. The van der Waals surface area contributed by atoms with E-state index in [-0.39, 0.29) is 12.5 Å². The summed E-state index contributed by atoms with van der Waals surface area (Å²) >= 11 is 3.38. The number of nitrogens with two attached hydrogens (primary N) is 1. The van der Waals surface area contributed by atoms with Crippen LogP contribution < -0.4 is 15.4 Å². The second-order valence-electron chi connectivity index (χ2n) is 4.58. The van der Waals surface area contributed by atoms with Gasteiger partial charge in [0.1, 0.15) is 5.75 Å². The number of hydrogen-bond acceptors (Lipinski definition) is 3. The predicted octanol–water partition coefficient (Wildman–Crippen LogP) is 2.96. The number of para-hydroxylation sites is 2. The van der Waals surface area contributed by atoms with Gasteiger partial charge < -0.3 is 15.4 Å². The van der Waals surface area contributed by atoms with Crippen LogP contribution in [0.2, 0.25) is 0 Å². The van der Waals surface area contributed by atoms with Crippen LogP contribution in [0.5, 0.6) is 5.75 Å². The molecule has 102 valence electrons. The number of hydrogen-bond donors (Lipinski definition) is 1. The van der Waals surface area contributed by atoms with Gasteiger partial charge in [0, 0.05) is 10.2 Å². The molecule has 5 heteroatoms. The molecule has 1 heterocycles. The van der Waals surface area contributed by atoms with Crippen LogP contribution in [-0.2, 0) is 11.3 Å². The fourth-order valence-corrected chi connectivity index (χ4v) is 2.59. The Labute approximate surface area is 125 Å². The molecule has 0 fully saturated rings. The van der Waals surface area contributed by atoms with E-state index < -0.39 is 0 Å². The van der Waals surface area contributed by atoms with Gasteiger partial charge in [-0.3, -0.25) is 4.79 Å². The van der Waals surface area contributed by atoms with Crippen molar-refractivity contribution < 1.29 is 9.53 Å². The maximum absolute atomic E-state index is 12.1. The Morgan fingerprint density at radius 2 is 2.05 bits per heavy atom. The Bertz CT molecular complexity index is 673. The highest BCUT2D eigenvalue weighted by molar-refractivity contribution is 9.10. The monoisotopic (exact) mass is 332 g/mol. The van der Waals surface area contributed by atoms with Crippen LogP contribution >= 0.6 is 15.9 Å². The van der Waals surface area contributed by atoms with Gasteiger partial charge in [-0.2, -0.15) is 0 Å². The molecule has 0 aromatic heterocycles. The molecule has 0 radical (unpaired) electrons. The van der Waals surface area contributed by atoms with Gasteiger partial charge in [0.2, 0.25) is 0 Å². The fraction of sp³-hybridized carbons (Fsp3) is 0.133. The zero-order chi connectivity index (χ0) is 14.1. The molecule has 2 aromatic carbocycles. The first-order chi connectivity index (χ1) is 9.65. The molecule has 0 atom stereocenters. The number of anilines is 2. The zero-order valence-electron chi connectivity index (χ0n) is 10.7. The van der Waals surface area contributed by atoms with Gasteiger partial charge >= 0.3 is 0 Å². The molecule has 0 bridgehead atoms. The molecular weight excluding hydrogens is 320 g/mol. The Morgan fingerprint density at radius 1 is 1.25 bits per heavy atom. The topological polar surface area (TPSA) is 55.6 Å². The minimum Gasteiger partial charge on any atom is -0.482 e. The van der Waals surface area contributed by atoms with Crippen molar-refractivity contribution in [1.82, 2.24) is 0 Å². The summed E-state index contributed by atoms with van der Waals surface area (Å²) in [5.74, 6) is 0.661. The van der Waals surface area contributed by atoms with E-state index in [2.05, 4.69) is 15.9 Å². The lowest BCUT2D eigenvalue weighted by atomic mass is 10.1. The average molecular weight is 333 g/mol. The zero-order valence-corrected chi connectivity index (χ0v) is 12.3. The molecule has 2 aromatic rings. The molecule has 0 saturated carbocycles. The van der Waals surface area contributed by atoms with E-state index in [1.165, 1.54) is 0 Å². The number of nitrogens with zero attached hydrogens (tertiary/aromatic N) is 1. The first kappa shape index (κ1) is 13.0. The van der Waals surface area contributed by atoms with Crippen LogP contribution in [0, 0.1) is 0 Å². The van der Waals surface area contributed by atoms with E-state index in [0.717, 1.165) is 21.5 Å². The van der Waals surface area contributed by atoms with Gasteiger partial charge in [0.05, 0.1) is 12.2 Å². The highest BCUT2D eigenvalue weighted by Crippen LogP contribution is 2.33. The summed E-state index contributed by atoms with van der Waals surface area (Å²) in [7, 11) is 0. The molecule has 1 aliphatic rings. The van der Waals surface area contributed by atoms with Crippen LogP contribution in [0.1, 0.15) is 5.56 Å². The number of nitrogen functional groups attached to an aromatic ring is 1. The number of carbonyl (C=O) groups is 1. The van der Waals surface area contributed by atoms with Crippen molar-refractivity contribution in [2.24, 2.45) is 0 Å². The number of ether oxygens (including phenoxy) is 1. The SMILES string of the molecule is Nc1cc(Br)ccc1CN1C(=O)COc2ccccc21. The van der Waals surface area contributed by atoms with E-state index in [1.807, 2.05) is 42.5 Å². The van der Waals surface area contributed by atoms with Crippen LogP contribution in [0.4, 0.5) is 11.4 Å². The molecule has 20 heavy (non-hydrogen) atoms. The Hall–Kier alpha value is -2.01. The molecule has 0 saturated heterocycles. The van der Waals surface area contributed by atoms with Crippen LogP contribution in [0.15, 0.2) is 46.9 Å². The third kappa shape index (κ3) is 2.36. The minimum atomic E-state index is -0.0639. The second kappa shape index (κ2) is 5.17. The van der Waals surface area contributed by atoms with Crippen LogP contribution in [-0.4, -0.2) is 12.5 Å². The summed E-state index contributed by atoms with van der Waals surface area (Å²) in [5.41, 5.74) is 8.37. The second-order valence-corrected chi connectivity index (χ2v) is 5.50. The van der Waals surface area contributed by atoms with Crippen molar-refractivity contribution in [3.8, 4) is 5.75 Å². The molecule has 4 nitrogen and oxygen atoms in total. The number of rotatable bonds is 2. The van der Waals surface area contributed by atoms with Crippen molar-refractivity contribution >= 4 is 33.2 Å². The summed E-state index contributed by atoms with van der Waals surface area (Å²) in [6.45, 7) is 0.506. The average Bonchev–Trinajstić information content (AvgIpc) is 2.44. The predicted molar refractivity (Wildman–Crippen MR) is 81.7 cm³/mol. The maximum Gasteiger partial charge on any atom is 0.265 e. The highest BCUT2D eigenvalue weighted by atomic mass is 79.9.